The average Bonchev–Trinajstić information content (AvgIpc) is 2.63. The highest BCUT2D eigenvalue weighted by Gasteiger charge is 2.33. The van der Waals surface area contributed by atoms with E-state index in [9.17, 15) is 5.26 Å². The largest absolute Gasteiger partial charge is 0.381 e. The maximum Gasteiger partial charge on any atom is 0.242 e. The first-order valence-electron chi connectivity index (χ1n) is 9.15. The number of rotatable bonds is 6. The molecule has 0 spiro atoms. The molecule has 1 aliphatic heterocycles. The lowest BCUT2D eigenvalue weighted by Gasteiger charge is -2.32. The number of nitrogens with one attached hydrogen (secondary N) is 3. The molecule has 6 nitrogen and oxygen atoms in total. The second-order valence-electron chi connectivity index (χ2n) is 7.45. The van der Waals surface area contributed by atoms with Gasteiger partial charge in [0.05, 0.1) is 36.6 Å². The number of aromatic amines is 1. The molecular weight excluding hydrogens is 340 g/mol. The number of ether oxygens (including phenoxy) is 2. The Bertz CT molecular complexity index is 854. The molecule has 3 rings (SSSR count). The van der Waals surface area contributed by atoms with E-state index in [0.29, 0.717) is 37.6 Å². The molecule has 142 valence electrons. The lowest BCUT2D eigenvalue weighted by atomic mass is 9.89. The molecule has 3 N–H and O–H groups in total. The Morgan fingerprint density at radius 2 is 1.96 bits per heavy atom. The van der Waals surface area contributed by atoms with Crippen molar-refractivity contribution in [2.75, 3.05) is 30.9 Å². The number of H-pyrrole nitrogens is 1. The highest BCUT2D eigenvalue weighted by atomic mass is 16.5. The van der Waals surface area contributed by atoms with Crippen LogP contribution in [0.2, 0.25) is 0 Å². The molecular formula is C21H27N4O2+. The minimum Gasteiger partial charge on any atom is -0.381 e. The number of nitrogens with zero attached hydrogens (tertiary/aromatic N) is 1. The molecule has 0 saturated heterocycles. The van der Waals surface area contributed by atoms with Crippen LogP contribution in [0.1, 0.15) is 36.1 Å². The number of aryl methyl sites for hydroxylation is 1. The maximum absolute atomic E-state index is 9.88. The van der Waals surface area contributed by atoms with Crippen molar-refractivity contribution in [1.82, 2.24) is 0 Å². The van der Waals surface area contributed by atoms with Gasteiger partial charge in [-0.05, 0) is 38.5 Å². The molecule has 6 heteroatoms. The van der Waals surface area contributed by atoms with Crippen molar-refractivity contribution >= 4 is 17.3 Å². The van der Waals surface area contributed by atoms with Crippen molar-refractivity contribution in [3.8, 4) is 6.07 Å². The second-order valence-corrected chi connectivity index (χ2v) is 7.45. The van der Waals surface area contributed by atoms with Gasteiger partial charge in [0.1, 0.15) is 11.6 Å². The molecule has 0 unspecified atom stereocenters. The fourth-order valence-electron chi connectivity index (χ4n) is 3.24. The summed E-state index contributed by atoms with van der Waals surface area (Å²) >= 11 is 0. The van der Waals surface area contributed by atoms with Gasteiger partial charge in [-0.1, -0.05) is 17.7 Å². The van der Waals surface area contributed by atoms with E-state index in [-0.39, 0.29) is 5.60 Å². The Morgan fingerprint density at radius 1 is 1.22 bits per heavy atom. The fraction of sp³-hybridized carbons (Fsp3) is 0.429. The zero-order valence-corrected chi connectivity index (χ0v) is 16.4. The predicted octanol–water partition coefficient (Wildman–Crippen LogP) is 3.33. The van der Waals surface area contributed by atoms with Crippen LogP contribution in [0.5, 0.6) is 0 Å². The lowest BCUT2D eigenvalue weighted by molar-refractivity contribution is -0.345. The molecule has 1 aromatic carbocycles. The monoisotopic (exact) mass is 367 g/mol. The molecule has 1 aromatic heterocycles. The Labute approximate surface area is 160 Å². The van der Waals surface area contributed by atoms with Crippen LogP contribution in [0, 0.1) is 18.3 Å². The first-order chi connectivity index (χ1) is 12.9. The Kier molecular flexibility index (Phi) is 5.64. The summed E-state index contributed by atoms with van der Waals surface area (Å²) in [5, 5.41) is 16.6. The van der Waals surface area contributed by atoms with Crippen molar-refractivity contribution in [3.05, 3.63) is 46.5 Å². The highest BCUT2D eigenvalue weighted by molar-refractivity contribution is 5.66. The van der Waals surface area contributed by atoms with Crippen LogP contribution in [0.15, 0.2) is 24.3 Å². The number of hydrogen-bond acceptors (Lipinski definition) is 5. The molecule has 0 fully saturated rings. The number of aromatic nitrogens is 1. The van der Waals surface area contributed by atoms with Crippen molar-refractivity contribution in [1.29, 1.82) is 5.26 Å². The van der Waals surface area contributed by atoms with Crippen molar-refractivity contribution in [2.45, 2.75) is 39.4 Å². The summed E-state index contributed by atoms with van der Waals surface area (Å²) in [6, 6.07) is 10.5. The quantitative estimate of drug-likeness (QED) is 0.766. The number of fused-ring (bicyclic) bond motifs is 1. The van der Waals surface area contributed by atoms with Crippen LogP contribution < -0.4 is 15.6 Å². The molecule has 0 aliphatic carbocycles. The van der Waals surface area contributed by atoms with E-state index in [1.54, 1.807) is 7.11 Å². The molecule has 0 radical (unpaired) electrons. The molecule has 0 amide bonds. The van der Waals surface area contributed by atoms with Gasteiger partial charge in [-0.3, -0.25) is 5.32 Å². The predicted molar refractivity (Wildman–Crippen MR) is 105 cm³/mol. The topological polar surface area (TPSA) is 80.5 Å². The Morgan fingerprint density at radius 3 is 2.63 bits per heavy atom. The van der Waals surface area contributed by atoms with E-state index in [4.69, 9.17) is 9.47 Å². The van der Waals surface area contributed by atoms with Gasteiger partial charge in [-0.25, -0.2) is 4.98 Å². The fourth-order valence-corrected chi connectivity index (χ4v) is 3.24. The van der Waals surface area contributed by atoms with Crippen molar-refractivity contribution in [3.63, 3.8) is 0 Å². The SMILES string of the molecule is COCCNc1[nH+]c(Nc2ccc(C)cc2)c(C#N)c2c1COC(C)(C)C2. The number of pyridine rings is 1. The summed E-state index contributed by atoms with van der Waals surface area (Å²) in [6.07, 6.45) is 0.682. The van der Waals surface area contributed by atoms with E-state index in [0.717, 1.165) is 22.6 Å². The molecule has 0 bridgehead atoms. The van der Waals surface area contributed by atoms with Gasteiger partial charge in [0.15, 0.2) is 0 Å². The maximum atomic E-state index is 9.88. The smallest absolute Gasteiger partial charge is 0.242 e. The number of hydrogen-bond donors (Lipinski definition) is 2. The molecule has 1 aliphatic rings. The number of benzene rings is 1. The van der Waals surface area contributed by atoms with Gasteiger partial charge in [0, 0.05) is 13.5 Å². The molecule has 0 atom stereocenters. The van der Waals surface area contributed by atoms with Gasteiger partial charge in [-0.15, -0.1) is 0 Å². The zero-order valence-electron chi connectivity index (χ0n) is 16.4. The molecule has 2 aromatic rings. The summed E-state index contributed by atoms with van der Waals surface area (Å²) in [6.45, 7) is 7.88. The molecule has 0 saturated carbocycles. The Hall–Kier alpha value is -2.62. The van der Waals surface area contributed by atoms with Gasteiger partial charge in [0.2, 0.25) is 11.6 Å². The van der Waals surface area contributed by atoms with E-state index in [1.807, 2.05) is 24.3 Å². The molecule has 27 heavy (non-hydrogen) atoms. The second kappa shape index (κ2) is 7.95. The molecule has 2 heterocycles. The standard InChI is InChI=1S/C21H26N4O2/c1-14-5-7-15(8-6-14)24-20-17(12-22)16-11-21(2,3)27-13-18(16)19(25-20)23-9-10-26-4/h5-8H,9-11,13H2,1-4H3,(H2,23,24,25)/p+1. The third-order valence-electron chi connectivity index (χ3n) is 4.72. The van der Waals surface area contributed by atoms with Crippen molar-refractivity contribution in [2.24, 2.45) is 0 Å². The van der Waals surface area contributed by atoms with Gasteiger partial charge < -0.3 is 14.8 Å². The lowest BCUT2D eigenvalue weighted by Crippen LogP contribution is -2.35. The van der Waals surface area contributed by atoms with E-state index in [2.05, 4.69) is 42.5 Å². The average molecular weight is 367 g/mol. The third-order valence-corrected chi connectivity index (χ3v) is 4.72. The minimum absolute atomic E-state index is 0.301. The van der Waals surface area contributed by atoms with Crippen LogP contribution in [-0.4, -0.2) is 25.9 Å². The number of nitriles is 1. The highest BCUT2D eigenvalue weighted by Crippen LogP contribution is 2.35. The van der Waals surface area contributed by atoms with Gasteiger partial charge in [-0.2, -0.15) is 5.26 Å². The summed E-state index contributed by atoms with van der Waals surface area (Å²) in [5.41, 5.74) is 4.50. The van der Waals surface area contributed by atoms with Crippen molar-refractivity contribution < 1.29 is 14.5 Å². The third kappa shape index (κ3) is 4.38. The van der Waals surface area contributed by atoms with Gasteiger partial charge >= 0.3 is 0 Å². The minimum atomic E-state index is -0.301. The summed E-state index contributed by atoms with van der Waals surface area (Å²) < 4.78 is 11.1. The first kappa shape index (κ1) is 19.2. The van der Waals surface area contributed by atoms with Crippen LogP contribution in [0.4, 0.5) is 17.3 Å². The summed E-state index contributed by atoms with van der Waals surface area (Å²) in [7, 11) is 1.68. The van der Waals surface area contributed by atoms with Gasteiger partial charge in [0.25, 0.3) is 0 Å². The summed E-state index contributed by atoms with van der Waals surface area (Å²) in [4.78, 5) is 3.36. The van der Waals surface area contributed by atoms with E-state index in [1.165, 1.54) is 5.56 Å². The van der Waals surface area contributed by atoms with E-state index < -0.39 is 0 Å². The van der Waals surface area contributed by atoms with E-state index >= 15 is 0 Å². The van der Waals surface area contributed by atoms with Crippen LogP contribution in [0.25, 0.3) is 0 Å². The number of anilines is 3. The zero-order chi connectivity index (χ0) is 19.4. The Balaban J connectivity index is 2.04. The normalized spacial score (nSPS) is 14.9. The summed E-state index contributed by atoms with van der Waals surface area (Å²) in [5.74, 6) is 1.56. The van der Waals surface area contributed by atoms with Crippen LogP contribution >= 0.6 is 0 Å². The number of methoxy groups -OCH3 is 1. The van der Waals surface area contributed by atoms with Crippen LogP contribution in [-0.2, 0) is 22.5 Å². The van der Waals surface area contributed by atoms with Crippen LogP contribution in [0.3, 0.4) is 0 Å². The first-order valence-corrected chi connectivity index (χ1v) is 9.15.